The summed E-state index contributed by atoms with van der Waals surface area (Å²) < 4.78 is 24.5. The number of methoxy groups -OCH3 is 1. The number of ether oxygens (including phenoxy) is 4. The maximum Gasteiger partial charge on any atom is 0.316 e. The van der Waals surface area contributed by atoms with E-state index >= 15 is 0 Å². The minimum atomic E-state index is -2.00. The molecule has 0 spiro atoms. The summed E-state index contributed by atoms with van der Waals surface area (Å²) in [6, 6.07) is 9.22. The van der Waals surface area contributed by atoms with E-state index < -0.39 is 71.4 Å². The van der Waals surface area contributed by atoms with E-state index in [4.69, 9.17) is 18.9 Å². The monoisotopic (exact) mass is 731 g/mol. The first kappa shape index (κ1) is 43.4. The molecule has 13 heteroatoms. The summed E-state index contributed by atoms with van der Waals surface area (Å²) in [7, 11) is 5.15. The summed E-state index contributed by atoms with van der Waals surface area (Å²) in [5, 5.41) is 39.3. The van der Waals surface area contributed by atoms with Crippen LogP contribution >= 0.6 is 0 Å². The third kappa shape index (κ3) is 10.1. The number of hydrogen-bond donors (Lipinski definition) is 4. The van der Waals surface area contributed by atoms with Crippen LogP contribution in [0.3, 0.4) is 0 Å². The Hall–Kier alpha value is -3.04. The number of Topliss-reactive ketones (excluding diaryl/α,β-unsaturated/α-hetero) is 1. The standard InChI is InChI=1S/C39H61N3O10/c1-12-29-39(8,48)34(46)24(4)31(41-40-30(43)19-18-27-16-14-13-15-17-27)22(2)21-38(7,49-11)35(25(5)32(44)26(6)36(47)51-29)52-37-33(45)28(42(9)10)20-23(3)50-37/h13-17,23-26,28-29,33-35,37,45-46,48H,2,12,18-21H2,1,3-11H3,(H,40,43)/b41-31-. The van der Waals surface area contributed by atoms with Crippen molar-refractivity contribution < 1.29 is 48.7 Å². The van der Waals surface area contributed by atoms with E-state index in [1.807, 2.05) is 56.3 Å². The lowest BCUT2D eigenvalue weighted by atomic mass is 9.75. The van der Waals surface area contributed by atoms with Gasteiger partial charge in [0.15, 0.2) is 12.1 Å². The van der Waals surface area contributed by atoms with Crippen LogP contribution in [0.2, 0.25) is 0 Å². The molecule has 2 aliphatic heterocycles. The number of hydrogen-bond acceptors (Lipinski definition) is 12. The number of aliphatic hydroxyl groups excluding tert-OH is 2. The molecule has 12 atom stereocenters. The van der Waals surface area contributed by atoms with Crippen molar-refractivity contribution in [2.75, 3.05) is 21.2 Å². The second kappa shape index (κ2) is 18.3. The fourth-order valence-electron chi connectivity index (χ4n) is 7.34. The Kier molecular flexibility index (Phi) is 15.3. The molecule has 1 aromatic rings. The topological polar surface area (TPSA) is 176 Å². The number of carbonyl (C=O) groups excluding carboxylic acids is 3. The fourth-order valence-corrected chi connectivity index (χ4v) is 7.34. The van der Waals surface area contributed by atoms with Crippen molar-refractivity contribution in [2.45, 2.75) is 135 Å². The zero-order chi connectivity index (χ0) is 39.1. The van der Waals surface area contributed by atoms with Gasteiger partial charge in [-0.1, -0.05) is 57.7 Å². The summed E-state index contributed by atoms with van der Waals surface area (Å²) in [5.41, 5.74) is 0.689. The Bertz CT molecular complexity index is 1420. The number of carbonyl (C=O) groups is 3. The highest BCUT2D eigenvalue weighted by atomic mass is 16.7. The van der Waals surface area contributed by atoms with Crippen LogP contribution in [-0.2, 0) is 39.8 Å². The minimum Gasteiger partial charge on any atom is -0.459 e. The fraction of sp³-hybridized carbons (Fsp3) is 0.692. The number of nitrogens with zero attached hydrogens (tertiary/aromatic N) is 2. The quantitative estimate of drug-likeness (QED) is 0.167. The van der Waals surface area contributed by atoms with Crippen LogP contribution in [0.1, 0.15) is 79.7 Å². The number of nitrogens with one attached hydrogen (secondary N) is 1. The summed E-state index contributed by atoms with van der Waals surface area (Å²) in [6.07, 6.45) is -5.15. The molecule has 1 amide bonds. The van der Waals surface area contributed by atoms with Gasteiger partial charge in [0, 0.05) is 37.8 Å². The number of amides is 1. The van der Waals surface area contributed by atoms with Crippen LogP contribution < -0.4 is 5.43 Å². The number of cyclic esters (lactones) is 1. The van der Waals surface area contributed by atoms with Gasteiger partial charge in [0.05, 0.1) is 29.6 Å². The lowest BCUT2D eigenvalue weighted by Gasteiger charge is -2.46. The normalized spacial score (nSPS) is 37.8. The second-order valence-electron chi connectivity index (χ2n) is 15.1. The van der Waals surface area contributed by atoms with Gasteiger partial charge in [-0.25, -0.2) is 5.43 Å². The molecule has 2 saturated heterocycles. The molecule has 3 rings (SSSR count). The predicted molar refractivity (Wildman–Crippen MR) is 196 cm³/mol. The average molecular weight is 732 g/mol. The highest BCUT2D eigenvalue weighted by Crippen LogP contribution is 2.38. The van der Waals surface area contributed by atoms with E-state index in [0.717, 1.165) is 5.56 Å². The number of hydrazone groups is 1. The Morgan fingerprint density at radius 1 is 1.10 bits per heavy atom. The molecular formula is C39H61N3O10. The highest BCUT2D eigenvalue weighted by Gasteiger charge is 2.51. The van der Waals surface area contributed by atoms with Crippen molar-refractivity contribution >= 4 is 23.4 Å². The third-order valence-electron chi connectivity index (χ3n) is 10.8. The van der Waals surface area contributed by atoms with Gasteiger partial charge < -0.3 is 39.2 Å². The van der Waals surface area contributed by atoms with Gasteiger partial charge in [-0.05, 0) is 72.2 Å². The summed E-state index contributed by atoms with van der Waals surface area (Å²) >= 11 is 0. The maximum absolute atomic E-state index is 14.1. The van der Waals surface area contributed by atoms with Crippen LogP contribution in [0.25, 0.3) is 0 Å². The van der Waals surface area contributed by atoms with Gasteiger partial charge in [-0.3, -0.25) is 14.4 Å². The summed E-state index contributed by atoms with van der Waals surface area (Å²) in [6.45, 7) is 15.6. The number of ketones is 1. The summed E-state index contributed by atoms with van der Waals surface area (Å²) in [5.74, 6) is -5.01. The number of aryl methyl sites for hydroxylation is 1. The first-order valence-corrected chi connectivity index (χ1v) is 18.2. The number of aliphatic hydroxyl groups is 3. The molecule has 4 N–H and O–H groups in total. The van der Waals surface area contributed by atoms with Crippen molar-refractivity contribution in [2.24, 2.45) is 22.9 Å². The molecule has 0 saturated carbocycles. The highest BCUT2D eigenvalue weighted by molar-refractivity contribution is 6.02. The number of rotatable bonds is 9. The molecule has 292 valence electrons. The zero-order valence-electron chi connectivity index (χ0n) is 32.5. The van der Waals surface area contributed by atoms with Gasteiger partial charge in [0.25, 0.3) is 0 Å². The molecule has 0 radical (unpaired) electrons. The Balaban J connectivity index is 2.11. The largest absolute Gasteiger partial charge is 0.459 e. The second-order valence-corrected chi connectivity index (χ2v) is 15.1. The molecule has 13 nitrogen and oxygen atoms in total. The van der Waals surface area contributed by atoms with Crippen LogP contribution in [0, 0.1) is 17.8 Å². The van der Waals surface area contributed by atoms with Crippen molar-refractivity contribution in [3.05, 3.63) is 48.0 Å². The van der Waals surface area contributed by atoms with Crippen molar-refractivity contribution in [3.63, 3.8) is 0 Å². The molecule has 2 heterocycles. The van der Waals surface area contributed by atoms with Gasteiger partial charge in [0.2, 0.25) is 5.91 Å². The van der Waals surface area contributed by atoms with E-state index in [1.54, 1.807) is 27.7 Å². The van der Waals surface area contributed by atoms with Crippen LogP contribution in [0.4, 0.5) is 0 Å². The van der Waals surface area contributed by atoms with Gasteiger partial charge in [-0.15, -0.1) is 0 Å². The average Bonchev–Trinajstić information content (AvgIpc) is 3.11. The number of likely N-dealkylation sites (N-methyl/N-ethyl adjacent to an activating group) is 1. The molecular weight excluding hydrogens is 670 g/mol. The third-order valence-corrected chi connectivity index (χ3v) is 10.8. The van der Waals surface area contributed by atoms with E-state index in [1.165, 1.54) is 21.0 Å². The molecule has 2 fully saturated rings. The first-order valence-electron chi connectivity index (χ1n) is 18.2. The van der Waals surface area contributed by atoms with E-state index in [2.05, 4.69) is 17.1 Å². The van der Waals surface area contributed by atoms with Crippen LogP contribution in [0.15, 0.2) is 47.6 Å². The van der Waals surface area contributed by atoms with Gasteiger partial charge >= 0.3 is 5.97 Å². The molecule has 2 aliphatic rings. The Labute approximate surface area is 308 Å². The Morgan fingerprint density at radius 2 is 1.73 bits per heavy atom. The number of benzene rings is 1. The SMILES string of the molecule is C=C1CC(C)(OC)C(OC2OC(C)CC(N(C)C)C2O)C(C)C(=O)C(C)C(=O)OC(CC)C(C)(O)C(O)C(C)/C1=N\NC(=O)CCc1ccccc1. The van der Waals surface area contributed by atoms with E-state index in [9.17, 15) is 29.7 Å². The predicted octanol–water partition coefficient (Wildman–Crippen LogP) is 3.18. The van der Waals surface area contributed by atoms with Crippen LogP contribution in [-0.4, -0.2) is 119 Å². The van der Waals surface area contributed by atoms with Crippen LogP contribution in [0.5, 0.6) is 0 Å². The molecule has 1 aromatic carbocycles. The summed E-state index contributed by atoms with van der Waals surface area (Å²) in [4.78, 5) is 42.6. The molecule has 52 heavy (non-hydrogen) atoms. The first-order chi connectivity index (χ1) is 24.3. The van der Waals surface area contributed by atoms with Crippen molar-refractivity contribution in [3.8, 4) is 0 Å². The molecule has 12 unspecified atom stereocenters. The zero-order valence-corrected chi connectivity index (χ0v) is 32.5. The smallest absolute Gasteiger partial charge is 0.316 e. The lowest BCUT2D eigenvalue weighted by Crippen LogP contribution is -2.59. The van der Waals surface area contributed by atoms with E-state index in [-0.39, 0.29) is 43.0 Å². The lowest BCUT2D eigenvalue weighted by molar-refractivity contribution is -0.294. The van der Waals surface area contributed by atoms with Crippen molar-refractivity contribution in [1.29, 1.82) is 0 Å². The molecule has 0 aromatic heterocycles. The maximum atomic E-state index is 14.1. The van der Waals surface area contributed by atoms with Gasteiger partial charge in [0.1, 0.15) is 23.7 Å². The van der Waals surface area contributed by atoms with Gasteiger partial charge in [-0.2, -0.15) is 5.10 Å². The molecule has 0 bridgehead atoms. The van der Waals surface area contributed by atoms with Crippen molar-refractivity contribution in [1.82, 2.24) is 10.3 Å². The Morgan fingerprint density at radius 3 is 2.31 bits per heavy atom. The molecule has 0 aliphatic carbocycles. The minimum absolute atomic E-state index is 0.0325. The number of esters is 1. The van der Waals surface area contributed by atoms with E-state index in [0.29, 0.717) is 18.4 Å².